The predicted octanol–water partition coefficient (Wildman–Crippen LogP) is 1.92. The smallest absolute Gasteiger partial charge is 0.349 e. The maximum Gasteiger partial charge on any atom is 0.471 e. The molecule has 2 aromatic rings. The number of aromatic nitrogens is 2. The van der Waals surface area contributed by atoms with Gasteiger partial charge in [-0.05, 0) is 19.1 Å². The second-order valence-corrected chi connectivity index (χ2v) is 7.65. The number of carbonyl (C=O) groups is 1. The molecule has 0 aliphatic carbocycles. The van der Waals surface area contributed by atoms with Crippen molar-refractivity contribution >= 4 is 15.7 Å². The van der Waals surface area contributed by atoms with Gasteiger partial charge in [-0.1, -0.05) is 17.3 Å². The number of benzene rings is 1. The van der Waals surface area contributed by atoms with Gasteiger partial charge in [0, 0.05) is 23.4 Å². The van der Waals surface area contributed by atoms with Crippen LogP contribution in [0.4, 0.5) is 13.2 Å². The van der Waals surface area contributed by atoms with Gasteiger partial charge in [0.15, 0.2) is 0 Å². The monoisotopic (exact) mass is 377 g/mol. The number of hydrogen-bond donors (Lipinski definition) is 1. The Morgan fingerprint density at radius 1 is 1.36 bits per heavy atom. The quantitative estimate of drug-likeness (QED) is 0.854. The van der Waals surface area contributed by atoms with Crippen LogP contribution in [0.2, 0.25) is 0 Å². The Morgan fingerprint density at radius 2 is 2.04 bits per heavy atom. The van der Waals surface area contributed by atoms with Crippen molar-refractivity contribution in [3.63, 3.8) is 0 Å². The minimum absolute atomic E-state index is 0.121. The van der Waals surface area contributed by atoms with E-state index in [4.69, 9.17) is 0 Å². The van der Waals surface area contributed by atoms with Gasteiger partial charge >= 0.3 is 12.1 Å². The fourth-order valence-corrected chi connectivity index (χ4v) is 3.05. The average molecular weight is 377 g/mol. The number of sulfone groups is 1. The van der Waals surface area contributed by atoms with Crippen LogP contribution in [-0.4, -0.2) is 42.5 Å². The Labute approximate surface area is 141 Å². The molecule has 1 amide bonds. The molecule has 0 saturated carbocycles. The van der Waals surface area contributed by atoms with Gasteiger partial charge in [0.2, 0.25) is 5.82 Å². The van der Waals surface area contributed by atoms with Gasteiger partial charge in [0.05, 0.1) is 5.75 Å². The molecule has 1 aromatic heterocycles. The summed E-state index contributed by atoms with van der Waals surface area (Å²) in [6.45, 7) is 1.53. The molecule has 1 heterocycles. The van der Waals surface area contributed by atoms with Gasteiger partial charge < -0.3 is 9.84 Å². The van der Waals surface area contributed by atoms with E-state index >= 15 is 0 Å². The standard InChI is InChI=1S/C14H14F3N3O4S/c1-8(7-25(2,22)23)18-12(21)10-5-3-4-9(6-10)11-19-13(24-20-11)14(15,16)17/h3-6,8H,7H2,1-2H3,(H,18,21)/t8-/m1/s1. The topological polar surface area (TPSA) is 102 Å². The summed E-state index contributed by atoms with van der Waals surface area (Å²) in [5.41, 5.74) is 0.277. The summed E-state index contributed by atoms with van der Waals surface area (Å²) < 4.78 is 64.1. The van der Waals surface area contributed by atoms with Crippen molar-refractivity contribution in [3.8, 4) is 11.4 Å². The van der Waals surface area contributed by atoms with Crippen LogP contribution in [0.3, 0.4) is 0 Å². The van der Waals surface area contributed by atoms with Gasteiger partial charge in [-0.25, -0.2) is 8.42 Å². The first kappa shape index (κ1) is 18.9. The second kappa shape index (κ2) is 6.82. The number of halogens is 3. The van der Waals surface area contributed by atoms with Gasteiger partial charge in [-0.3, -0.25) is 4.79 Å². The van der Waals surface area contributed by atoms with E-state index in [-0.39, 0.29) is 22.7 Å². The van der Waals surface area contributed by atoms with Crippen LogP contribution in [0, 0.1) is 0 Å². The molecule has 0 fully saturated rings. The van der Waals surface area contributed by atoms with Crippen molar-refractivity contribution in [1.29, 1.82) is 0 Å². The molecule has 2 rings (SSSR count). The first-order valence-corrected chi connectivity index (χ1v) is 9.02. The Hall–Kier alpha value is -2.43. The van der Waals surface area contributed by atoms with Crippen molar-refractivity contribution in [1.82, 2.24) is 15.5 Å². The van der Waals surface area contributed by atoms with Crippen LogP contribution in [0.25, 0.3) is 11.4 Å². The first-order chi connectivity index (χ1) is 11.5. The number of amides is 1. The lowest BCUT2D eigenvalue weighted by atomic mass is 10.1. The summed E-state index contributed by atoms with van der Waals surface area (Å²) in [6.07, 6.45) is -3.72. The summed E-state index contributed by atoms with van der Waals surface area (Å²) in [4.78, 5) is 15.4. The highest BCUT2D eigenvalue weighted by atomic mass is 32.2. The highest BCUT2D eigenvalue weighted by Gasteiger charge is 2.38. The Bertz CT molecular complexity index is 877. The Morgan fingerprint density at radius 3 is 2.60 bits per heavy atom. The Kier molecular flexibility index (Phi) is 5.16. The number of alkyl halides is 3. The summed E-state index contributed by atoms with van der Waals surface area (Å²) in [5, 5.41) is 5.74. The van der Waals surface area contributed by atoms with Crippen LogP contribution in [0.1, 0.15) is 23.2 Å². The first-order valence-electron chi connectivity index (χ1n) is 6.95. The molecule has 0 aliphatic rings. The summed E-state index contributed by atoms with van der Waals surface area (Å²) in [7, 11) is -3.27. The number of nitrogens with one attached hydrogen (secondary N) is 1. The summed E-state index contributed by atoms with van der Waals surface area (Å²) >= 11 is 0. The molecule has 7 nitrogen and oxygen atoms in total. The second-order valence-electron chi connectivity index (χ2n) is 5.47. The molecule has 136 valence electrons. The third-order valence-electron chi connectivity index (χ3n) is 2.98. The third kappa shape index (κ3) is 5.28. The van der Waals surface area contributed by atoms with E-state index in [1.807, 2.05) is 0 Å². The molecular formula is C14H14F3N3O4S. The van der Waals surface area contributed by atoms with E-state index in [9.17, 15) is 26.4 Å². The predicted molar refractivity (Wildman–Crippen MR) is 81.4 cm³/mol. The zero-order chi connectivity index (χ0) is 18.8. The van der Waals surface area contributed by atoms with E-state index in [0.29, 0.717) is 0 Å². The normalized spacial score (nSPS) is 13.5. The van der Waals surface area contributed by atoms with Crippen LogP contribution >= 0.6 is 0 Å². The maximum atomic E-state index is 12.5. The highest BCUT2D eigenvalue weighted by molar-refractivity contribution is 7.90. The van der Waals surface area contributed by atoms with E-state index in [0.717, 1.165) is 6.26 Å². The zero-order valence-corrected chi connectivity index (χ0v) is 14.0. The van der Waals surface area contributed by atoms with Crippen molar-refractivity contribution in [3.05, 3.63) is 35.7 Å². The Balaban J connectivity index is 2.18. The third-order valence-corrected chi connectivity index (χ3v) is 4.09. The molecule has 0 bridgehead atoms. The van der Waals surface area contributed by atoms with Crippen LogP contribution in [0.15, 0.2) is 28.8 Å². The number of rotatable bonds is 5. The molecule has 11 heteroatoms. The number of nitrogens with zero attached hydrogens (tertiary/aromatic N) is 2. The molecule has 1 N–H and O–H groups in total. The van der Waals surface area contributed by atoms with Gasteiger partial charge in [-0.2, -0.15) is 18.2 Å². The van der Waals surface area contributed by atoms with Gasteiger partial charge in [0.25, 0.3) is 5.91 Å². The minimum atomic E-state index is -4.76. The lowest BCUT2D eigenvalue weighted by molar-refractivity contribution is -0.159. The van der Waals surface area contributed by atoms with Crippen molar-refractivity contribution in [2.75, 3.05) is 12.0 Å². The van der Waals surface area contributed by atoms with Gasteiger partial charge in [-0.15, -0.1) is 0 Å². The number of hydrogen-bond acceptors (Lipinski definition) is 6. The molecule has 0 saturated heterocycles. The molecule has 0 aliphatic heterocycles. The molecule has 0 radical (unpaired) electrons. The fourth-order valence-electron chi connectivity index (χ4n) is 2.06. The van der Waals surface area contributed by atoms with Crippen molar-refractivity contribution in [2.24, 2.45) is 0 Å². The number of carbonyl (C=O) groups excluding carboxylic acids is 1. The van der Waals surface area contributed by atoms with Crippen LogP contribution in [-0.2, 0) is 16.0 Å². The van der Waals surface area contributed by atoms with Crippen LogP contribution < -0.4 is 5.32 Å². The SMILES string of the molecule is C[C@H](CS(C)(=O)=O)NC(=O)c1cccc(-c2noc(C(F)(F)F)n2)c1. The largest absolute Gasteiger partial charge is 0.471 e. The molecule has 0 unspecified atom stereocenters. The minimum Gasteiger partial charge on any atom is -0.349 e. The lowest BCUT2D eigenvalue weighted by Crippen LogP contribution is -2.37. The zero-order valence-electron chi connectivity index (χ0n) is 13.2. The molecule has 0 spiro atoms. The fraction of sp³-hybridized carbons (Fsp3) is 0.357. The van der Waals surface area contributed by atoms with Crippen LogP contribution in [0.5, 0.6) is 0 Å². The maximum absolute atomic E-state index is 12.5. The van der Waals surface area contributed by atoms with Gasteiger partial charge in [0.1, 0.15) is 9.84 Å². The van der Waals surface area contributed by atoms with Crippen molar-refractivity contribution in [2.45, 2.75) is 19.1 Å². The summed E-state index contributed by atoms with van der Waals surface area (Å²) in [6, 6.07) is 4.94. The average Bonchev–Trinajstić information content (AvgIpc) is 2.95. The van der Waals surface area contributed by atoms with E-state index in [1.165, 1.54) is 31.2 Å². The molecular weight excluding hydrogens is 363 g/mol. The molecule has 25 heavy (non-hydrogen) atoms. The lowest BCUT2D eigenvalue weighted by Gasteiger charge is -2.13. The van der Waals surface area contributed by atoms with E-state index < -0.39 is 33.9 Å². The van der Waals surface area contributed by atoms with Crippen molar-refractivity contribution < 1.29 is 30.9 Å². The van der Waals surface area contributed by atoms with E-state index in [2.05, 4.69) is 20.0 Å². The highest BCUT2D eigenvalue weighted by Crippen LogP contribution is 2.29. The summed E-state index contributed by atoms with van der Waals surface area (Å²) in [5.74, 6) is -2.61. The van der Waals surface area contributed by atoms with E-state index in [1.54, 1.807) is 0 Å². The molecule has 1 atom stereocenters. The molecule has 1 aromatic carbocycles.